The van der Waals surface area contributed by atoms with E-state index in [1.165, 1.54) is 5.56 Å². The quantitative estimate of drug-likeness (QED) is 0.757. The number of pyridine rings is 1. The first-order chi connectivity index (χ1) is 10.3. The fourth-order valence-electron chi connectivity index (χ4n) is 1.90. The van der Waals surface area contributed by atoms with Gasteiger partial charge in [-0.25, -0.2) is 4.98 Å². The summed E-state index contributed by atoms with van der Waals surface area (Å²) in [7, 11) is 1.70. The van der Waals surface area contributed by atoms with E-state index in [-0.39, 0.29) is 0 Å². The van der Waals surface area contributed by atoms with Crippen LogP contribution >= 0.6 is 0 Å². The van der Waals surface area contributed by atoms with Gasteiger partial charge in [0.1, 0.15) is 5.75 Å². The van der Waals surface area contributed by atoms with Crippen LogP contribution in [0.4, 0.5) is 0 Å². The number of benzene rings is 1. The van der Waals surface area contributed by atoms with E-state index in [9.17, 15) is 0 Å². The smallest absolute Gasteiger partial charge is 0.219 e. The molecule has 0 radical (unpaired) electrons. The van der Waals surface area contributed by atoms with Gasteiger partial charge in [0.2, 0.25) is 5.88 Å². The third-order valence-corrected chi connectivity index (χ3v) is 3.16. The average molecular weight is 286 g/mol. The van der Waals surface area contributed by atoms with E-state index < -0.39 is 0 Å². The predicted molar refractivity (Wildman–Crippen MR) is 83.7 cm³/mol. The number of ether oxygens (including phenoxy) is 2. The monoisotopic (exact) mass is 286 g/mol. The molecule has 0 aliphatic rings. The summed E-state index contributed by atoms with van der Waals surface area (Å²) < 4.78 is 10.7. The molecule has 0 aliphatic heterocycles. The van der Waals surface area contributed by atoms with Crippen LogP contribution in [0.5, 0.6) is 11.6 Å². The number of nitrogens with one attached hydrogen (secondary N) is 1. The zero-order valence-electron chi connectivity index (χ0n) is 12.6. The molecule has 21 heavy (non-hydrogen) atoms. The van der Waals surface area contributed by atoms with Gasteiger partial charge in [0, 0.05) is 32.5 Å². The third-order valence-electron chi connectivity index (χ3n) is 3.16. The van der Waals surface area contributed by atoms with E-state index in [2.05, 4.69) is 29.4 Å². The second-order valence-corrected chi connectivity index (χ2v) is 4.77. The van der Waals surface area contributed by atoms with Crippen molar-refractivity contribution in [1.29, 1.82) is 0 Å². The molecular weight excluding hydrogens is 264 g/mol. The van der Waals surface area contributed by atoms with Crippen LogP contribution in [0.1, 0.15) is 18.1 Å². The molecule has 0 amide bonds. The first-order valence-electron chi connectivity index (χ1n) is 7.23. The van der Waals surface area contributed by atoms with E-state index in [1.54, 1.807) is 7.11 Å². The number of nitrogens with zero attached hydrogens (tertiary/aromatic N) is 1. The van der Waals surface area contributed by atoms with Crippen molar-refractivity contribution < 1.29 is 9.47 Å². The van der Waals surface area contributed by atoms with E-state index in [0.717, 1.165) is 30.8 Å². The van der Waals surface area contributed by atoms with Crippen molar-refractivity contribution in [3.63, 3.8) is 0 Å². The van der Waals surface area contributed by atoms with Crippen molar-refractivity contribution in [3.05, 3.63) is 53.7 Å². The lowest BCUT2D eigenvalue weighted by Gasteiger charge is -2.07. The van der Waals surface area contributed by atoms with Gasteiger partial charge in [-0.1, -0.05) is 25.1 Å². The van der Waals surface area contributed by atoms with Crippen molar-refractivity contribution >= 4 is 0 Å². The Kier molecular flexibility index (Phi) is 6.19. The normalized spacial score (nSPS) is 10.6. The SMILES string of the molecule is CCc1ccc(Oc2ccc(CNCCOC)cn2)cc1. The molecule has 0 atom stereocenters. The first kappa shape index (κ1) is 15.5. The molecule has 0 saturated carbocycles. The van der Waals surface area contributed by atoms with E-state index in [1.807, 2.05) is 30.5 Å². The van der Waals surface area contributed by atoms with Gasteiger partial charge < -0.3 is 14.8 Å². The highest BCUT2D eigenvalue weighted by molar-refractivity contribution is 5.31. The van der Waals surface area contributed by atoms with Crippen molar-refractivity contribution in [2.75, 3.05) is 20.3 Å². The Hall–Kier alpha value is -1.91. The van der Waals surface area contributed by atoms with Gasteiger partial charge in [-0.2, -0.15) is 0 Å². The molecule has 0 spiro atoms. The highest BCUT2D eigenvalue weighted by Gasteiger charge is 2.00. The van der Waals surface area contributed by atoms with Gasteiger partial charge in [0.25, 0.3) is 0 Å². The lowest BCUT2D eigenvalue weighted by Crippen LogP contribution is -2.18. The standard InChI is InChI=1S/C17H22N2O2/c1-3-14-4-7-16(8-5-14)21-17-9-6-15(13-19-17)12-18-10-11-20-2/h4-9,13,18H,3,10-12H2,1-2H3. The van der Waals surface area contributed by atoms with Gasteiger partial charge in [-0.15, -0.1) is 0 Å². The Labute approximate surface area is 126 Å². The number of methoxy groups -OCH3 is 1. The van der Waals surface area contributed by atoms with E-state index in [4.69, 9.17) is 9.47 Å². The number of aryl methyl sites for hydroxylation is 1. The molecule has 1 aromatic carbocycles. The number of hydrogen-bond acceptors (Lipinski definition) is 4. The zero-order chi connectivity index (χ0) is 14.9. The molecule has 4 heteroatoms. The predicted octanol–water partition coefficient (Wildman–Crippen LogP) is 3.17. The minimum absolute atomic E-state index is 0.611. The van der Waals surface area contributed by atoms with Gasteiger partial charge >= 0.3 is 0 Å². The second-order valence-electron chi connectivity index (χ2n) is 4.77. The molecule has 2 aromatic rings. The Morgan fingerprint density at radius 2 is 1.81 bits per heavy atom. The second kappa shape index (κ2) is 8.39. The van der Waals surface area contributed by atoms with E-state index >= 15 is 0 Å². The zero-order valence-corrected chi connectivity index (χ0v) is 12.6. The van der Waals surface area contributed by atoms with Crippen LogP contribution in [-0.2, 0) is 17.7 Å². The largest absolute Gasteiger partial charge is 0.439 e. The molecule has 2 rings (SSSR count). The van der Waals surface area contributed by atoms with Crippen molar-refractivity contribution in [3.8, 4) is 11.6 Å². The van der Waals surface area contributed by atoms with Gasteiger partial charge in [-0.3, -0.25) is 0 Å². The highest BCUT2D eigenvalue weighted by atomic mass is 16.5. The Balaban J connectivity index is 1.86. The van der Waals surface area contributed by atoms with Gasteiger partial charge in [-0.05, 0) is 29.7 Å². The lowest BCUT2D eigenvalue weighted by molar-refractivity contribution is 0.199. The molecule has 0 bridgehead atoms. The van der Waals surface area contributed by atoms with Crippen molar-refractivity contribution in [1.82, 2.24) is 10.3 Å². The Morgan fingerprint density at radius 3 is 2.43 bits per heavy atom. The summed E-state index contributed by atoms with van der Waals surface area (Å²) in [6, 6.07) is 12.0. The first-order valence-corrected chi connectivity index (χ1v) is 7.23. The Morgan fingerprint density at radius 1 is 1.05 bits per heavy atom. The molecule has 1 N–H and O–H groups in total. The summed E-state index contributed by atoms with van der Waals surface area (Å²) in [4.78, 5) is 4.32. The molecule has 0 saturated heterocycles. The Bertz CT molecular complexity index is 523. The van der Waals surface area contributed by atoms with Crippen LogP contribution in [0.15, 0.2) is 42.6 Å². The maximum absolute atomic E-state index is 5.72. The van der Waals surface area contributed by atoms with Crippen LogP contribution in [0.3, 0.4) is 0 Å². The fraction of sp³-hybridized carbons (Fsp3) is 0.353. The number of aromatic nitrogens is 1. The summed E-state index contributed by atoms with van der Waals surface area (Å²) in [5, 5.41) is 3.28. The maximum Gasteiger partial charge on any atom is 0.219 e. The number of rotatable bonds is 8. The lowest BCUT2D eigenvalue weighted by atomic mass is 10.2. The third kappa shape index (κ3) is 5.17. The summed E-state index contributed by atoms with van der Waals surface area (Å²) in [5.74, 6) is 1.42. The van der Waals surface area contributed by atoms with Crippen LogP contribution in [-0.4, -0.2) is 25.2 Å². The molecule has 0 aliphatic carbocycles. The fourth-order valence-corrected chi connectivity index (χ4v) is 1.90. The van der Waals surface area contributed by atoms with E-state index in [0.29, 0.717) is 12.5 Å². The summed E-state index contributed by atoms with van der Waals surface area (Å²) in [6.45, 7) is 4.46. The van der Waals surface area contributed by atoms with Crippen molar-refractivity contribution in [2.24, 2.45) is 0 Å². The number of hydrogen-bond donors (Lipinski definition) is 1. The molecule has 1 aromatic heterocycles. The molecule has 0 fully saturated rings. The van der Waals surface area contributed by atoms with Gasteiger partial charge in [0.15, 0.2) is 0 Å². The van der Waals surface area contributed by atoms with Crippen molar-refractivity contribution in [2.45, 2.75) is 19.9 Å². The molecule has 4 nitrogen and oxygen atoms in total. The van der Waals surface area contributed by atoms with Crippen LogP contribution < -0.4 is 10.1 Å². The average Bonchev–Trinajstić information content (AvgIpc) is 2.54. The van der Waals surface area contributed by atoms with Gasteiger partial charge in [0.05, 0.1) is 6.61 Å². The highest BCUT2D eigenvalue weighted by Crippen LogP contribution is 2.20. The van der Waals surface area contributed by atoms with Crippen LogP contribution in [0, 0.1) is 0 Å². The van der Waals surface area contributed by atoms with Crippen LogP contribution in [0.2, 0.25) is 0 Å². The summed E-state index contributed by atoms with van der Waals surface area (Å²) in [6.07, 6.45) is 2.86. The molecule has 1 heterocycles. The maximum atomic E-state index is 5.72. The summed E-state index contributed by atoms with van der Waals surface area (Å²) in [5.41, 5.74) is 2.42. The molecule has 112 valence electrons. The molecular formula is C17H22N2O2. The minimum atomic E-state index is 0.611. The molecule has 0 unspecified atom stereocenters. The minimum Gasteiger partial charge on any atom is -0.439 e. The van der Waals surface area contributed by atoms with Crippen LogP contribution in [0.25, 0.3) is 0 Å². The summed E-state index contributed by atoms with van der Waals surface area (Å²) >= 11 is 0. The topological polar surface area (TPSA) is 43.4 Å².